The zero-order valence-corrected chi connectivity index (χ0v) is 15.0. The number of morpholine rings is 1. The lowest BCUT2D eigenvalue weighted by atomic mass is 9.91. The van der Waals surface area contributed by atoms with Crippen molar-refractivity contribution in [1.29, 1.82) is 0 Å². The Hall–Kier alpha value is -1.76. The summed E-state index contributed by atoms with van der Waals surface area (Å²) in [5, 5.41) is 4.68. The number of nitrogens with zero attached hydrogens (tertiary/aromatic N) is 4. The van der Waals surface area contributed by atoms with Gasteiger partial charge in [0.1, 0.15) is 0 Å². The third-order valence-electron chi connectivity index (χ3n) is 5.13. The van der Waals surface area contributed by atoms with Crippen LogP contribution in [0.1, 0.15) is 25.3 Å². The van der Waals surface area contributed by atoms with Crippen LogP contribution >= 0.6 is 0 Å². The van der Waals surface area contributed by atoms with E-state index < -0.39 is 0 Å². The minimum absolute atomic E-state index is 0.0467. The number of rotatable bonds is 3. The maximum Gasteiger partial charge on any atom is 0.0969 e. The van der Waals surface area contributed by atoms with Gasteiger partial charge in [-0.3, -0.25) is 14.6 Å². The molecular weight excluding hydrogens is 316 g/mol. The van der Waals surface area contributed by atoms with E-state index in [4.69, 9.17) is 9.47 Å². The van der Waals surface area contributed by atoms with E-state index in [1.165, 1.54) is 5.56 Å². The second-order valence-electron chi connectivity index (χ2n) is 7.31. The largest absolute Gasteiger partial charge is 0.381 e. The van der Waals surface area contributed by atoms with Crippen molar-refractivity contribution in [2.24, 2.45) is 7.05 Å². The average molecular weight is 342 g/mol. The van der Waals surface area contributed by atoms with Gasteiger partial charge >= 0.3 is 0 Å². The zero-order valence-electron chi connectivity index (χ0n) is 15.0. The molecule has 4 rings (SSSR count). The van der Waals surface area contributed by atoms with Crippen molar-refractivity contribution < 1.29 is 9.47 Å². The molecule has 2 aromatic heterocycles. The van der Waals surface area contributed by atoms with Gasteiger partial charge in [0.15, 0.2) is 0 Å². The SMILES string of the molecule is CC1CN(Cc2cn(C)nc2-c2ccncc2)CC2(CCOCC2)O1. The van der Waals surface area contributed by atoms with Crippen LogP contribution in [0.4, 0.5) is 0 Å². The molecule has 1 atom stereocenters. The molecule has 134 valence electrons. The lowest BCUT2D eigenvalue weighted by Gasteiger charge is -2.47. The van der Waals surface area contributed by atoms with Crippen molar-refractivity contribution in [2.45, 2.75) is 38.0 Å². The molecule has 6 heteroatoms. The second kappa shape index (κ2) is 6.86. The zero-order chi connectivity index (χ0) is 17.3. The first-order valence-corrected chi connectivity index (χ1v) is 9.04. The van der Waals surface area contributed by atoms with Crippen molar-refractivity contribution in [2.75, 3.05) is 26.3 Å². The Balaban J connectivity index is 1.56. The number of aromatic nitrogens is 3. The normalized spacial score (nSPS) is 23.8. The highest BCUT2D eigenvalue weighted by Crippen LogP contribution is 2.33. The number of hydrogen-bond acceptors (Lipinski definition) is 5. The Bertz CT molecular complexity index is 709. The fraction of sp³-hybridized carbons (Fsp3) is 0.579. The molecule has 0 saturated carbocycles. The third kappa shape index (κ3) is 3.61. The minimum atomic E-state index is -0.0467. The van der Waals surface area contributed by atoms with Gasteiger partial charge in [0.05, 0.1) is 17.4 Å². The van der Waals surface area contributed by atoms with Crippen molar-refractivity contribution in [1.82, 2.24) is 19.7 Å². The van der Waals surface area contributed by atoms with E-state index in [9.17, 15) is 0 Å². The van der Waals surface area contributed by atoms with E-state index >= 15 is 0 Å². The van der Waals surface area contributed by atoms with Gasteiger partial charge < -0.3 is 9.47 Å². The van der Waals surface area contributed by atoms with E-state index in [2.05, 4.69) is 28.1 Å². The van der Waals surface area contributed by atoms with Crippen LogP contribution in [0.2, 0.25) is 0 Å². The molecule has 2 fully saturated rings. The summed E-state index contributed by atoms with van der Waals surface area (Å²) in [4.78, 5) is 6.63. The highest BCUT2D eigenvalue weighted by atomic mass is 16.5. The molecular formula is C19H26N4O2. The minimum Gasteiger partial charge on any atom is -0.381 e. The topological polar surface area (TPSA) is 52.4 Å². The van der Waals surface area contributed by atoms with Gasteiger partial charge in [-0.15, -0.1) is 0 Å². The fourth-order valence-corrected chi connectivity index (χ4v) is 4.12. The Morgan fingerprint density at radius 3 is 2.76 bits per heavy atom. The predicted molar refractivity (Wildman–Crippen MR) is 95.0 cm³/mol. The second-order valence-corrected chi connectivity index (χ2v) is 7.31. The molecule has 1 spiro atoms. The third-order valence-corrected chi connectivity index (χ3v) is 5.13. The van der Waals surface area contributed by atoms with Crippen LogP contribution in [-0.2, 0) is 23.1 Å². The molecule has 0 aromatic carbocycles. The quantitative estimate of drug-likeness (QED) is 0.856. The molecule has 2 aliphatic heterocycles. The van der Waals surface area contributed by atoms with E-state index in [0.717, 1.165) is 56.9 Å². The smallest absolute Gasteiger partial charge is 0.0969 e. The van der Waals surface area contributed by atoms with Crippen LogP contribution in [0.25, 0.3) is 11.3 Å². The van der Waals surface area contributed by atoms with Crippen molar-refractivity contribution >= 4 is 0 Å². The molecule has 6 nitrogen and oxygen atoms in total. The van der Waals surface area contributed by atoms with Crippen LogP contribution in [0.15, 0.2) is 30.7 Å². The number of ether oxygens (including phenoxy) is 2. The van der Waals surface area contributed by atoms with E-state index in [0.29, 0.717) is 0 Å². The first kappa shape index (κ1) is 16.7. The fourth-order valence-electron chi connectivity index (χ4n) is 4.12. The molecule has 4 heterocycles. The lowest BCUT2D eigenvalue weighted by molar-refractivity contribution is -0.185. The molecule has 1 unspecified atom stereocenters. The Morgan fingerprint density at radius 1 is 1.24 bits per heavy atom. The standard InChI is InChI=1S/C19H26N4O2/c1-15-11-23(14-19(25-15)5-9-24-10-6-19)13-17-12-22(2)21-18(17)16-3-7-20-8-4-16/h3-4,7-8,12,15H,5-6,9-11,13-14H2,1-2H3. The van der Waals surface area contributed by atoms with Gasteiger partial charge in [-0.1, -0.05) is 0 Å². The van der Waals surface area contributed by atoms with Crippen molar-refractivity contribution in [3.8, 4) is 11.3 Å². The van der Waals surface area contributed by atoms with Gasteiger partial charge in [-0.25, -0.2) is 0 Å². The molecule has 0 amide bonds. The van der Waals surface area contributed by atoms with Crippen LogP contribution in [0, 0.1) is 0 Å². The maximum absolute atomic E-state index is 6.35. The highest BCUT2D eigenvalue weighted by molar-refractivity contribution is 5.61. The van der Waals surface area contributed by atoms with Crippen LogP contribution < -0.4 is 0 Å². The van der Waals surface area contributed by atoms with E-state index in [1.54, 1.807) is 0 Å². The van der Waals surface area contributed by atoms with Gasteiger partial charge in [-0.2, -0.15) is 5.10 Å². The first-order valence-electron chi connectivity index (χ1n) is 9.04. The molecule has 25 heavy (non-hydrogen) atoms. The summed E-state index contributed by atoms with van der Waals surface area (Å²) >= 11 is 0. The molecule has 0 N–H and O–H groups in total. The summed E-state index contributed by atoms with van der Waals surface area (Å²) in [6, 6.07) is 4.04. The monoisotopic (exact) mass is 342 g/mol. The molecule has 2 saturated heterocycles. The van der Waals surface area contributed by atoms with Gasteiger partial charge in [0.25, 0.3) is 0 Å². The van der Waals surface area contributed by atoms with Crippen LogP contribution in [-0.4, -0.2) is 57.7 Å². The Labute approximate surface area is 148 Å². The summed E-state index contributed by atoms with van der Waals surface area (Å²) in [6.45, 7) is 6.59. The lowest BCUT2D eigenvalue weighted by Crippen LogP contribution is -2.56. The number of aryl methyl sites for hydroxylation is 1. The van der Waals surface area contributed by atoms with Gasteiger partial charge in [0.2, 0.25) is 0 Å². The summed E-state index contributed by atoms with van der Waals surface area (Å²) in [6.07, 6.45) is 7.99. The van der Waals surface area contributed by atoms with Crippen LogP contribution in [0.3, 0.4) is 0 Å². The van der Waals surface area contributed by atoms with Gasteiger partial charge in [-0.05, 0) is 19.1 Å². The van der Waals surface area contributed by atoms with Crippen molar-refractivity contribution in [3.63, 3.8) is 0 Å². The Kier molecular flexibility index (Phi) is 4.58. The first-order chi connectivity index (χ1) is 12.1. The molecule has 0 aliphatic carbocycles. The molecule has 0 radical (unpaired) electrons. The Morgan fingerprint density at radius 2 is 2.00 bits per heavy atom. The number of hydrogen-bond donors (Lipinski definition) is 0. The molecule has 2 aliphatic rings. The number of pyridine rings is 1. The van der Waals surface area contributed by atoms with Crippen molar-refractivity contribution in [3.05, 3.63) is 36.3 Å². The summed E-state index contributed by atoms with van der Waals surface area (Å²) in [7, 11) is 1.98. The van der Waals surface area contributed by atoms with Crippen LogP contribution in [0.5, 0.6) is 0 Å². The summed E-state index contributed by atoms with van der Waals surface area (Å²) in [5.74, 6) is 0. The average Bonchev–Trinajstić information content (AvgIpc) is 2.96. The van der Waals surface area contributed by atoms with E-state index in [-0.39, 0.29) is 11.7 Å². The molecule has 0 bridgehead atoms. The maximum atomic E-state index is 6.35. The predicted octanol–water partition coefficient (Wildman–Crippen LogP) is 2.25. The summed E-state index contributed by atoms with van der Waals surface area (Å²) < 4.78 is 13.8. The van der Waals surface area contributed by atoms with Gasteiger partial charge in [0, 0.05) is 82.5 Å². The summed E-state index contributed by atoms with van der Waals surface area (Å²) in [5.41, 5.74) is 3.37. The highest BCUT2D eigenvalue weighted by Gasteiger charge is 2.40. The van der Waals surface area contributed by atoms with E-state index in [1.807, 2.05) is 36.3 Å². The molecule has 2 aromatic rings.